The number of carbonyl (C=O) groups is 1. The molecule has 0 aliphatic rings. The van der Waals surface area contributed by atoms with Gasteiger partial charge < -0.3 is 15.4 Å². The predicted octanol–water partition coefficient (Wildman–Crippen LogP) is 1.89. The van der Waals surface area contributed by atoms with Gasteiger partial charge >= 0.3 is 0 Å². The molecule has 16 heavy (non-hydrogen) atoms. The van der Waals surface area contributed by atoms with Gasteiger partial charge in [0.2, 0.25) is 5.91 Å². The molecule has 4 nitrogen and oxygen atoms in total. The highest BCUT2D eigenvalue weighted by Crippen LogP contribution is 2.27. The van der Waals surface area contributed by atoms with E-state index in [1.54, 1.807) is 26.2 Å². The molecule has 5 heteroatoms. The SMILES string of the molecule is CN(C)C(=O)CCOc1cc(N)ccc1Br. The molecule has 0 fully saturated rings. The number of amides is 1. The zero-order valence-electron chi connectivity index (χ0n) is 9.37. The van der Waals surface area contributed by atoms with Crippen LogP contribution in [-0.2, 0) is 4.79 Å². The molecule has 0 heterocycles. The molecule has 1 rings (SSSR count). The summed E-state index contributed by atoms with van der Waals surface area (Å²) in [5.74, 6) is 0.701. The largest absolute Gasteiger partial charge is 0.492 e. The van der Waals surface area contributed by atoms with Crippen molar-refractivity contribution in [2.24, 2.45) is 0 Å². The molecule has 1 aromatic rings. The first-order valence-corrected chi connectivity index (χ1v) is 5.68. The lowest BCUT2D eigenvalue weighted by molar-refractivity contribution is -0.129. The fourth-order valence-corrected chi connectivity index (χ4v) is 1.46. The Morgan fingerprint density at radius 2 is 2.19 bits per heavy atom. The lowest BCUT2D eigenvalue weighted by Crippen LogP contribution is -2.23. The van der Waals surface area contributed by atoms with Crippen LogP contribution in [0.1, 0.15) is 6.42 Å². The van der Waals surface area contributed by atoms with Gasteiger partial charge in [-0.3, -0.25) is 4.79 Å². The van der Waals surface area contributed by atoms with Gasteiger partial charge in [0.25, 0.3) is 0 Å². The van der Waals surface area contributed by atoms with Crippen molar-refractivity contribution in [1.29, 1.82) is 0 Å². The molecular weight excluding hydrogens is 272 g/mol. The highest BCUT2D eigenvalue weighted by Gasteiger charge is 2.06. The van der Waals surface area contributed by atoms with Crippen molar-refractivity contribution in [3.05, 3.63) is 22.7 Å². The van der Waals surface area contributed by atoms with Crippen LogP contribution in [0.2, 0.25) is 0 Å². The van der Waals surface area contributed by atoms with E-state index in [0.29, 0.717) is 24.5 Å². The monoisotopic (exact) mass is 286 g/mol. The molecule has 1 aromatic carbocycles. The lowest BCUT2D eigenvalue weighted by atomic mass is 10.3. The summed E-state index contributed by atoms with van der Waals surface area (Å²) < 4.78 is 6.30. The number of nitrogens with two attached hydrogens (primary N) is 1. The zero-order chi connectivity index (χ0) is 12.1. The lowest BCUT2D eigenvalue weighted by Gasteiger charge is -2.12. The average Bonchev–Trinajstić information content (AvgIpc) is 2.22. The predicted molar refractivity (Wildman–Crippen MR) is 67.4 cm³/mol. The highest BCUT2D eigenvalue weighted by molar-refractivity contribution is 9.10. The van der Waals surface area contributed by atoms with Crippen molar-refractivity contribution in [2.75, 3.05) is 26.4 Å². The van der Waals surface area contributed by atoms with E-state index in [-0.39, 0.29) is 5.91 Å². The van der Waals surface area contributed by atoms with Crippen LogP contribution in [-0.4, -0.2) is 31.5 Å². The Morgan fingerprint density at radius 3 is 2.81 bits per heavy atom. The Kier molecular flexibility index (Phi) is 4.61. The number of halogens is 1. The van der Waals surface area contributed by atoms with E-state index in [0.717, 1.165) is 4.47 Å². The fourth-order valence-electron chi connectivity index (χ4n) is 1.10. The maximum Gasteiger partial charge on any atom is 0.225 e. The van der Waals surface area contributed by atoms with Gasteiger partial charge in [-0.2, -0.15) is 0 Å². The number of ether oxygens (including phenoxy) is 1. The molecule has 1 amide bonds. The van der Waals surface area contributed by atoms with E-state index in [4.69, 9.17) is 10.5 Å². The molecule has 2 N–H and O–H groups in total. The maximum atomic E-state index is 11.3. The summed E-state index contributed by atoms with van der Waals surface area (Å²) in [7, 11) is 3.44. The summed E-state index contributed by atoms with van der Waals surface area (Å²) in [5, 5.41) is 0. The van der Waals surface area contributed by atoms with Crippen molar-refractivity contribution in [3.8, 4) is 5.75 Å². The van der Waals surface area contributed by atoms with Crippen molar-refractivity contribution in [2.45, 2.75) is 6.42 Å². The molecule has 0 aliphatic heterocycles. The van der Waals surface area contributed by atoms with Crippen LogP contribution in [0.25, 0.3) is 0 Å². The minimum absolute atomic E-state index is 0.0417. The van der Waals surface area contributed by atoms with Gasteiger partial charge in [0.05, 0.1) is 17.5 Å². The van der Waals surface area contributed by atoms with Crippen LogP contribution < -0.4 is 10.5 Å². The summed E-state index contributed by atoms with van der Waals surface area (Å²) in [6.07, 6.45) is 0.355. The Hall–Kier alpha value is -1.23. The van der Waals surface area contributed by atoms with Gasteiger partial charge in [0.1, 0.15) is 5.75 Å². The smallest absolute Gasteiger partial charge is 0.225 e. The Balaban J connectivity index is 2.49. The van der Waals surface area contributed by atoms with Crippen LogP contribution in [0.15, 0.2) is 22.7 Å². The Morgan fingerprint density at radius 1 is 1.50 bits per heavy atom. The number of anilines is 1. The third-order valence-corrected chi connectivity index (χ3v) is 2.68. The molecule has 0 spiro atoms. The van der Waals surface area contributed by atoms with Crippen LogP contribution in [0, 0.1) is 0 Å². The van der Waals surface area contributed by atoms with E-state index < -0.39 is 0 Å². The highest BCUT2D eigenvalue weighted by atomic mass is 79.9. The van der Waals surface area contributed by atoms with E-state index in [1.165, 1.54) is 4.90 Å². The van der Waals surface area contributed by atoms with E-state index in [1.807, 2.05) is 6.07 Å². The van der Waals surface area contributed by atoms with Gasteiger partial charge in [0.15, 0.2) is 0 Å². The van der Waals surface area contributed by atoms with E-state index >= 15 is 0 Å². The van der Waals surface area contributed by atoms with Crippen LogP contribution >= 0.6 is 15.9 Å². The minimum atomic E-state index is 0.0417. The summed E-state index contributed by atoms with van der Waals surface area (Å²) in [6, 6.07) is 5.32. The maximum absolute atomic E-state index is 11.3. The van der Waals surface area contributed by atoms with Crippen molar-refractivity contribution < 1.29 is 9.53 Å². The Labute approximate surface area is 103 Å². The van der Waals surface area contributed by atoms with Gasteiger partial charge in [-0.25, -0.2) is 0 Å². The average molecular weight is 287 g/mol. The molecule has 0 bridgehead atoms. The molecule has 0 saturated heterocycles. The third kappa shape index (κ3) is 3.73. The molecule has 0 radical (unpaired) electrons. The summed E-state index contributed by atoms with van der Waals surface area (Å²) >= 11 is 3.35. The molecule has 0 aromatic heterocycles. The minimum Gasteiger partial charge on any atom is -0.492 e. The molecular formula is C11H15BrN2O2. The van der Waals surface area contributed by atoms with Gasteiger partial charge in [-0.1, -0.05) is 0 Å². The normalized spacial score (nSPS) is 9.94. The standard InChI is InChI=1S/C11H15BrN2O2/c1-14(2)11(15)5-6-16-10-7-8(13)3-4-9(10)12/h3-4,7H,5-6,13H2,1-2H3. The number of carbonyl (C=O) groups excluding carboxylic acids is 1. The Bertz CT molecular complexity index is 380. The topological polar surface area (TPSA) is 55.6 Å². The first-order chi connectivity index (χ1) is 7.50. The number of nitrogen functional groups attached to an aromatic ring is 1. The van der Waals surface area contributed by atoms with Crippen molar-refractivity contribution >= 4 is 27.5 Å². The van der Waals surface area contributed by atoms with Crippen molar-refractivity contribution in [3.63, 3.8) is 0 Å². The quantitative estimate of drug-likeness (QED) is 0.860. The van der Waals surface area contributed by atoms with Gasteiger partial charge in [-0.05, 0) is 28.1 Å². The summed E-state index contributed by atoms with van der Waals surface area (Å²) in [5.41, 5.74) is 6.27. The van der Waals surface area contributed by atoms with Crippen LogP contribution in [0.4, 0.5) is 5.69 Å². The number of hydrogen-bond donors (Lipinski definition) is 1. The van der Waals surface area contributed by atoms with Crippen molar-refractivity contribution in [1.82, 2.24) is 4.90 Å². The van der Waals surface area contributed by atoms with E-state index in [9.17, 15) is 4.79 Å². The fraction of sp³-hybridized carbons (Fsp3) is 0.364. The number of benzene rings is 1. The second-order valence-electron chi connectivity index (χ2n) is 3.58. The summed E-state index contributed by atoms with van der Waals surface area (Å²) in [6.45, 7) is 0.346. The first kappa shape index (κ1) is 12.8. The molecule has 0 saturated carbocycles. The van der Waals surface area contributed by atoms with Gasteiger partial charge in [0, 0.05) is 25.8 Å². The number of nitrogens with zero attached hydrogens (tertiary/aromatic N) is 1. The number of rotatable bonds is 4. The number of hydrogen-bond acceptors (Lipinski definition) is 3. The summed E-state index contributed by atoms with van der Waals surface area (Å²) in [4.78, 5) is 12.8. The van der Waals surface area contributed by atoms with Crippen LogP contribution in [0.5, 0.6) is 5.75 Å². The second kappa shape index (κ2) is 5.75. The third-order valence-electron chi connectivity index (χ3n) is 2.03. The van der Waals surface area contributed by atoms with Crippen LogP contribution in [0.3, 0.4) is 0 Å². The molecule has 0 atom stereocenters. The zero-order valence-corrected chi connectivity index (χ0v) is 11.0. The van der Waals surface area contributed by atoms with E-state index in [2.05, 4.69) is 15.9 Å². The van der Waals surface area contributed by atoms with Gasteiger partial charge in [-0.15, -0.1) is 0 Å². The molecule has 0 aliphatic carbocycles. The molecule has 88 valence electrons. The second-order valence-corrected chi connectivity index (χ2v) is 4.43. The first-order valence-electron chi connectivity index (χ1n) is 4.88. The molecule has 0 unspecified atom stereocenters.